The molecule has 1 amide bonds. The molecular weight excluding hydrogens is 404 g/mol. The summed E-state index contributed by atoms with van der Waals surface area (Å²) in [5, 5.41) is 13.8. The molecular formula is C16H18N6O4S2. The van der Waals surface area contributed by atoms with Crippen molar-refractivity contribution >= 4 is 48.6 Å². The summed E-state index contributed by atoms with van der Waals surface area (Å²) < 4.78 is 26.1. The number of thiazole rings is 1. The Hall–Kier alpha value is -2.99. The number of amides is 1. The molecule has 0 aliphatic heterocycles. The number of anilines is 2. The van der Waals surface area contributed by atoms with Gasteiger partial charge < -0.3 is 21.5 Å². The van der Waals surface area contributed by atoms with Gasteiger partial charge in [-0.1, -0.05) is 41.7 Å². The molecule has 12 heteroatoms. The van der Waals surface area contributed by atoms with Crippen LogP contribution in [0.5, 0.6) is 0 Å². The number of nitrogens with zero attached hydrogens (tertiary/aromatic N) is 3. The van der Waals surface area contributed by atoms with Gasteiger partial charge >= 0.3 is 6.09 Å². The van der Waals surface area contributed by atoms with Crippen LogP contribution in [0.15, 0.2) is 35.5 Å². The maximum Gasteiger partial charge on any atom is 0.404 e. The van der Waals surface area contributed by atoms with E-state index in [2.05, 4.69) is 25.6 Å². The average Bonchev–Trinajstić information content (AvgIpc) is 3.01. The highest BCUT2D eigenvalue weighted by molar-refractivity contribution is 7.90. The first-order valence-electron chi connectivity index (χ1n) is 8.18. The van der Waals surface area contributed by atoms with Crippen molar-refractivity contribution in [2.45, 2.75) is 23.9 Å². The Bertz CT molecular complexity index is 1100. The van der Waals surface area contributed by atoms with Gasteiger partial charge in [0.25, 0.3) is 5.16 Å². The Labute approximate surface area is 164 Å². The van der Waals surface area contributed by atoms with E-state index in [1.807, 2.05) is 0 Å². The summed E-state index contributed by atoms with van der Waals surface area (Å²) in [6.07, 6.45) is -1.16. The van der Waals surface area contributed by atoms with Crippen LogP contribution < -0.4 is 16.4 Å². The second-order valence-electron chi connectivity index (χ2n) is 6.04. The molecule has 0 fully saturated rings. The first-order valence-corrected chi connectivity index (χ1v) is 10.7. The molecule has 1 aromatic carbocycles. The number of hydrogen-bond donors (Lipinski definition) is 4. The average molecular weight is 422 g/mol. The molecule has 3 aromatic rings. The van der Waals surface area contributed by atoms with E-state index in [4.69, 9.17) is 10.8 Å². The summed E-state index contributed by atoms with van der Waals surface area (Å²) in [7, 11) is -3.83. The summed E-state index contributed by atoms with van der Waals surface area (Å²) in [6, 6.07) is 8.35. The molecule has 0 radical (unpaired) electrons. The Balaban J connectivity index is 1.96. The second kappa shape index (κ2) is 7.94. The molecule has 148 valence electrons. The van der Waals surface area contributed by atoms with Crippen molar-refractivity contribution in [3.63, 3.8) is 0 Å². The summed E-state index contributed by atoms with van der Waals surface area (Å²) >= 11 is 1.12. The molecule has 0 saturated heterocycles. The minimum atomic E-state index is -3.83. The zero-order valence-corrected chi connectivity index (χ0v) is 16.4. The molecule has 5 N–H and O–H groups in total. The third kappa shape index (κ3) is 4.64. The predicted octanol–water partition coefficient (Wildman–Crippen LogP) is 1.71. The number of carbonyl (C=O) groups is 1. The van der Waals surface area contributed by atoms with Crippen LogP contribution in [-0.2, 0) is 15.6 Å². The molecule has 1 atom stereocenters. The Morgan fingerprint density at radius 1 is 1.25 bits per heavy atom. The van der Waals surface area contributed by atoms with Crippen molar-refractivity contribution in [2.24, 2.45) is 0 Å². The second-order valence-corrected chi connectivity index (χ2v) is 8.95. The highest BCUT2D eigenvalue weighted by Crippen LogP contribution is 2.30. The third-order valence-corrected chi connectivity index (χ3v) is 6.00. The van der Waals surface area contributed by atoms with Gasteiger partial charge in [-0.3, -0.25) is 0 Å². The van der Waals surface area contributed by atoms with Crippen LogP contribution in [0.1, 0.15) is 12.5 Å². The fraction of sp³-hybridized carbons (Fsp3) is 0.250. The van der Waals surface area contributed by atoms with Gasteiger partial charge in [-0.2, -0.15) is 9.97 Å². The van der Waals surface area contributed by atoms with Crippen LogP contribution in [-0.4, -0.2) is 47.2 Å². The minimum Gasteiger partial charge on any atom is -0.465 e. The Kier molecular flexibility index (Phi) is 5.61. The topological polar surface area (TPSA) is 160 Å². The first-order chi connectivity index (χ1) is 13.2. The summed E-state index contributed by atoms with van der Waals surface area (Å²) in [4.78, 5) is 23.0. The highest BCUT2D eigenvalue weighted by Gasteiger charge is 2.23. The van der Waals surface area contributed by atoms with Crippen molar-refractivity contribution in [3.8, 4) is 0 Å². The molecule has 2 heterocycles. The van der Waals surface area contributed by atoms with E-state index in [1.165, 1.54) is 0 Å². The summed E-state index contributed by atoms with van der Waals surface area (Å²) in [6.45, 7) is 1.83. The van der Waals surface area contributed by atoms with Crippen LogP contribution in [0, 0.1) is 0 Å². The summed E-state index contributed by atoms with van der Waals surface area (Å²) in [5.41, 5.74) is 6.52. The monoisotopic (exact) mass is 422 g/mol. The van der Waals surface area contributed by atoms with E-state index in [1.54, 1.807) is 37.3 Å². The van der Waals surface area contributed by atoms with E-state index in [9.17, 15) is 13.2 Å². The number of nitrogens with one attached hydrogen (secondary N) is 2. The number of benzene rings is 1. The van der Waals surface area contributed by atoms with E-state index < -0.39 is 15.9 Å². The molecule has 0 unspecified atom stereocenters. The van der Waals surface area contributed by atoms with Crippen LogP contribution in [0.3, 0.4) is 0 Å². The van der Waals surface area contributed by atoms with Crippen molar-refractivity contribution < 1.29 is 18.3 Å². The van der Waals surface area contributed by atoms with E-state index in [0.717, 1.165) is 11.3 Å². The normalized spacial score (nSPS) is 12.6. The fourth-order valence-electron chi connectivity index (χ4n) is 2.44. The van der Waals surface area contributed by atoms with Crippen LogP contribution >= 0.6 is 11.3 Å². The van der Waals surface area contributed by atoms with Crippen molar-refractivity contribution in [2.75, 3.05) is 17.6 Å². The maximum atomic E-state index is 12.8. The lowest BCUT2D eigenvalue weighted by molar-refractivity contribution is 0.194. The van der Waals surface area contributed by atoms with Crippen LogP contribution in [0.4, 0.5) is 15.7 Å². The van der Waals surface area contributed by atoms with Gasteiger partial charge in [-0.05, 0) is 12.5 Å². The molecule has 0 aliphatic carbocycles. The molecule has 2 aromatic heterocycles. The SMILES string of the molecule is C[C@H](CNC(=O)O)Nc1nc(S(=O)(=O)Cc2ccccc2)nc2nc(N)sc12. The summed E-state index contributed by atoms with van der Waals surface area (Å²) in [5.74, 6) is -0.0142. The largest absolute Gasteiger partial charge is 0.465 e. The van der Waals surface area contributed by atoms with Crippen molar-refractivity contribution in [3.05, 3.63) is 35.9 Å². The van der Waals surface area contributed by atoms with Gasteiger partial charge in [0.05, 0.1) is 5.75 Å². The molecule has 0 saturated carbocycles. The van der Waals surface area contributed by atoms with Crippen LogP contribution in [0.25, 0.3) is 10.3 Å². The number of aromatic nitrogens is 3. The Morgan fingerprint density at radius 2 is 1.96 bits per heavy atom. The lowest BCUT2D eigenvalue weighted by Crippen LogP contribution is -2.34. The number of fused-ring (bicyclic) bond motifs is 1. The van der Waals surface area contributed by atoms with E-state index in [-0.39, 0.29) is 40.1 Å². The third-order valence-electron chi connectivity index (χ3n) is 3.67. The standard InChI is InChI=1S/C16H18N6O4S2/c1-9(7-18-16(23)24)19-12-11-13(20-14(17)27-11)22-15(21-12)28(25,26)8-10-5-3-2-4-6-10/h2-6,9,18H,7-8H2,1H3,(H,23,24)(H3,17,19,20,21,22)/t9-/m1/s1. The smallest absolute Gasteiger partial charge is 0.404 e. The molecule has 0 bridgehead atoms. The number of nitrogens with two attached hydrogens (primary N) is 1. The molecule has 10 nitrogen and oxygen atoms in total. The lowest BCUT2D eigenvalue weighted by Gasteiger charge is -2.15. The van der Waals surface area contributed by atoms with Gasteiger partial charge in [-0.15, -0.1) is 0 Å². The number of hydrogen-bond acceptors (Lipinski definition) is 9. The molecule has 28 heavy (non-hydrogen) atoms. The molecule has 0 aliphatic rings. The predicted molar refractivity (Wildman–Crippen MR) is 106 cm³/mol. The molecule has 0 spiro atoms. The van der Waals surface area contributed by atoms with E-state index >= 15 is 0 Å². The number of rotatable bonds is 7. The van der Waals surface area contributed by atoms with Gasteiger partial charge in [0, 0.05) is 12.6 Å². The van der Waals surface area contributed by atoms with Gasteiger partial charge in [-0.25, -0.2) is 18.2 Å². The quantitative estimate of drug-likeness (QED) is 0.415. The molecule has 3 rings (SSSR count). The van der Waals surface area contributed by atoms with Gasteiger partial charge in [0.15, 0.2) is 16.6 Å². The van der Waals surface area contributed by atoms with Crippen LogP contribution in [0.2, 0.25) is 0 Å². The van der Waals surface area contributed by atoms with Gasteiger partial charge in [0.1, 0.15) is 4.70 Å². The fourth-order valence-corrected chi connectivity index (χ4v) is 4.38. The zero-order chi connectivity index (χ0) is 20.3. The van der Waals surface area contributed by atoms with Crippen molar-refractivity contribution in [1.29, 1.82) is 0 Å². The maximum absolute atomic E-state index is 12.8. The minimum absolute atomic E-state index is 0.0984. The van der Waals surface area contributed by atoms with Crippen molar-refractivity contribution in [1.82, 2.24) is 20.3 Å². The number of carboxylic acid groups (broad SMARTS) is 1. The number of sulfone groups is 1. The zero-order valence-electron chi connectivity index (χ0n) is 14.8. The highest BCUT2D eigenvalue weighted by atomic mass is 32.2. The van der Waals surface area contributed by atoms with E-state index in [0.29, 0.717) is 10.3 Å². The number of nitrogen functional groups attached to an aromatic ring is 1. The van der Waals surface area contributed by atoms with Gasteiger partial charge in [0.2, 0.25) is 9.84 Å². The first kappa shape index (κ1) is 19.8. The lowest BCUT2D eigenvalue weighted by atomic mass is 10.2. The Morgan fingerprint density at radius 3 is 2.64 bits per heavy atom.